The highest BCUT2D eigenvalue weighted by molar-refractivity contribution is 5.76. The van der Waals surface area contributed by atoms with Crippen LogP contribution in [0.15, 0.2) is 48.6 Å². The smallest absolute Gasteiger partial charge is 0.323 e. The minimum atomic E-state index is -0.361. The molecule has 0 bridgehead atoms. The molecule has 0 saturated heterocycles. The summed E-state index contributed by atoms with van der Waals surface area (Å²) in [5, 5.41) is 0. The summed E-state index contributed by atoms with van der Waals surface area (Å²) in [6, 6.07) is -0.251. The molecule has 1 unspecified atom stereocenters. The van der Waals surface area contributed by atoms with E-state index in [4.69, 9.17) is 33.2 Å². The zero-order valence-electron chi connectivity index (χ0n) is 69.5. The molecule has 0 aromatic carbocycles. The Kier molecular flexibility index (Phi) is 80.9. The lowest BCUT2D eigenvalue weighted by molar-refractivity contribution is -0.157. The zero-order valence-corrected chi connectivity index (χ0v) is 69.5. The predicted octanol–water partition coefficient (Wildman–Crippen LogP) is 25.6. The molecule has 0 radical (unpaired) electrons. The Morgan fingerprint density at radius 3 is 0.893 bits per heavy atom. The molecule has 0 heterocycles. The summed E-state index contributed by atoms with van der Waals surface area (Å²) in [7, 11) is 4.10. The molecule has 0 saturated carbocycles. The van der Waals surface area contributed by atoms with E-state index in [9.17, 15) is 14.4 Å². The molecule has 0 aliphatic heterocycles. The summed E-state index contributed by atoms with van der Waals surface area (Å²) in [5.74, 6) is -0.333. The number of carbonyl (C=O) groups is 3. The molecule has 103 heavy (non-hydrogen) atoms. The first-order valence-corrected chi connectivity index (χ1v) is 44.5. The molecule has 0 amide bonds. The monoisotopic (exact) mass is 1450 g/mol. The van der Waals surface area contributed by atoms with E-state index >= 15 is 0 Å². The van der Waals surface area contributed by atoms with Crippen LogP contribution in [0.1, 0.15) is 408 Å². The van der Waals surface area contributed by atoms with E-state index in [0.717, 1.165) is 193 Å². The van der Waals surface area contributed by atoms with Gasteiger partial charge in [-0.3, -0.25) is 19.3 Å². The van der Waals surface area contributed by atoms with Crippen molar-refractivity contribution in [2.75, 3.05) is 86.6 Å². The summed E-state index contributed by atoms with van der Waals surface area (Å²) >= 11 is 0. The Labute approximate surface area is 639 Å². The van der Waals surface area contributed by atoms with Crippen LogP contribution in [-0.2, 0) is 47.5 Å². The number of unbranched alkanes of at least 4 members (excludes halogenated alkanes) is 39. The summed E-state index contributed by atoms with van der Waals surface area (Å²) in [5.41, 5.74) is 0. The molecule has 0 aliphatic rings. The molecule has 606 valence electrons. The maximum atomic E-state index is 14.3. The van der Waals surface area contributed by atoms with Crippen LogP contribution in [-0.4, -0.2) is 139 Å². The second-order valence-electron chi connectivity index (χ2n) is 30.4. The summed E-state index contributed by atoms with van der Waals surface area (Å²) in [4.78, 5) is 45.2. The normalized spacial score (nSPS) is 12.5. The fraction of sp³-hybridized carbons (Fsp3) is 0.879. The molecule has 12 nitrogen and oxygen atoms in total. The summed E-state index contributed by atoms with van der Waals surface area (Å²) in [6.07, 6.45) is 81.9. The molecule has 12 heteroatoms. The van der Waals surface area contributed by atoms with Crippen LogP contribution in [0.25, 0.3) is 0 Å². The standard InChI is InChI=1S/C91H172N2O10/c1-9-15-21-27-29-31-33-35-37-39-41-43-45-47-51-57-69-85(70-58-52-48-46-44-42-40-38-36-34-32-30-28-22-16-10-2)103-91(96)88(92(7)8)71-61-64-76-93(74-62-55-49-53-59-72-89(94)101-86(81-97-77-65-23-17-11-3)82-98-78-66-24-18-12-4)75-63-56-50-54-60-73-90(95)102-87(83-99-79-67-25-19-13-5)84-100-80-68-26-20-14-6/h29-32,35-38,85-88H,9-28,33-34,39-84H2,1-8H3/b31-29+,32-30+,37-35+,38-36+. The van der Waals surface area contributed by atoms with Gasteiger partial charge in [-0.2, -0.15) is 0 Å². The number of ether oxygens (including phenoxy) is 7. The molecule has 0 aliphatic carbocycles. The van der Waals surface area contributed by atoms with Gasteiger partial charge in [0.25, 0.3) is 0 Å². The predicted molar refractivity (Wildman–Crippen MR) is 441 cm³/mol. The second-order valence-corrected chi connectivity index (χ2v) is 30.4. The van der Waals surface area contributed by atoms with Crippen LogP contribution < -0.4 is 0 Å². The molecule has 0 aromatic rings. The SMILES string of the molecule is CCCCC/C=C/C/C=C/CCCCCCCCC(CCCCCCCC/C=C/C/C=C/CCCCC)OC(=O)C(CCCCN(CCCCCCCC(=O)OC(COCCCCCC)COCCCCCC)CCCCCCCC(=O)OC(COCCCCCC)COCCCCCC)N(C)C. The van der Waals surface area contributed by atoms with Crippen LogP contribution in [0.4, 0.5) is 0 Å². The lowest BCUT2D eigenvalue weighted by Crippen LogP contribution is -2.39. The number of esters is 3. The van der Waals surface area contributed by atoms with Crippen molar-refractivity contribution in [1.82, 2.24) is 9.80 Å². The van der Waals surface area contributed by atoms with Crippen LogP contribution in [0, 0.1) is 0 Å². The van der Waals surface area contributed by atoms with Crippen molar-refractivity contribution >= 4 is 17.9 Å². The molecule has 0 fully saturated rings. The third-order valence-corrected chi connectivity index (χ3v) is 19.9. The Morgan fingerprint density at radius 2 is 0.553 bits per heavy atom. The molecule has 1 atom stereocenters. The van der Waals surface area contributed by atoms with Gasteiger partial charge in [0.2, 0.25) is 0 Å². The average molecular weight is 1450 g/mol. The Bertz CT molecular complexity index is 1730. The van der Waals surface area contributed by atoms with Gasteiger partial charge in [0.1, 0.15) is 24.4 Å². The molecular formula is C91H172N2O10. The van der Waals surface area contributed by atoms with E-state index in [1.54, 1.807) is 0 Å². The Balaban J connectivity index is 5.69. The zero-order chi connectivity index (χ0) is 74.9. The topological polar surface area (TPSA) is 122 Å². The molecule has 0 N–H and O–H groups in total. The third kappa shape index (κ3) is 74.4. The van der Waals surface area contributed by atoms with Crippen molar-refractivity contribution in [3.63, 3.8) is 0 Å². The van der Waals surface area contributed by atoms with E-state index in [1.165, 1.54) is 180 Å². The Hall–Kier alpha value is -2.87. The highest BCUT2D eigenvalue weighted by atomic mass is 16.6. The maximum absolute atomic E-state index is 14.3. The lowest BCUT2D eigenvalue weighted by atomic mass is 10.0. The van der Waals surface area contributed by atoms with E-state index in [0.29, 0.717) is 65.7 Å². The maximum Gasteiger partial charge on any atom is 0.323 e. The van der Waals surface area contributed by atoms with E-state index in [-0.39, 0.29) is 42.3 Å². The van der Waals surface area contributed by atoms with Crippen molar-refractivity contribution in [3.8, 4) is 0 Å². The first kappa shape index (κ1) is 100. The van der Waals surface area contributed by atoms with Crippen LogP contribution >= 0.6 is 0 Å². The van der Waals surface area contributed by atoms with Crippen molar-refractivity contribution in [2.24, 2.45) is 0 Å². The van der Waals surface area contributed by atoms with Gasteiger partial charge < -0.3 is 38.1 Å². The molecule has 0 spiro atoms. The van der Waals surface area contributed by atoms with E-state index in [1.807, 2.05) is 14.1 Å². The number of hydrogen-bond donors (Lipinski definition) is 0. The van der Waals surface area contributed by atoms with Gasteiger partial charge in [-0.15, -0.1) is 0 Å². The first-order chi connectivity index (χ1) is 50.6. The number of allylic oxidation sites excluding steroid dienone is 8. The van der Waals surface area contributed by atoms with Crippen molar-refractivity contribution in [2.45, 2.75) is 432 Å². The highest BCUT2D eigenvalue weighted by Crippen LogP contribution is 2.22. The minimum Gasteiger partial charge on any atom is -0.461 e. The number of nitrogens with zero attached hydrogens (tertiary/aromatic N) is 2. The molecular weight excluding hydrogens is 1280 g/mol. The number of rotatable bonds is 84. The van der Waals surface area contributed by atoms with Crippen molar-refractivity contribution < 1.29 is 47.5 Å². The molecule has 0 aromatic heterocycles. The summed E-state index contributed by atoms with van der Waals surface area (Å²) in [6.45, 7) is 20.8. The van der Waals surface area contributed by atoms with Crippen LogP contribution in [0.3, 0.4) is 0 Å². The number of carbonyl (C=O) groups excluding carboxylic acids is 3. The van der Waals surface area contributed by atoms with E-state index < -0.39 is 0 Å². The van der Waals surface area contributed by atoms with Gasteiger partial charge in [-0.05, 0) is 188 Å². The van der Waals surface area contributed by atoms with Gasteiger partial charge in [-0.1, -0.05) is 289 Å². The van der Waals surface area contributed by atoms with Crippen LogP contribution in [0.2, 0.25) is 0 Å². The fourth-order valence-electron chi connectivity index (χ4n) is 13.2. The minimum absolute atomic E-state index is 0.0151. The quantitative estimate of drug-likeness (QED) is 0.0249. The largest absolute Gasteiger partial charge is 0.461 e. The first-order valence-electron chi connectivity index (χ1n) is 44.5. The van der Waals surface area contributed by atoms with Crippen molar-refractivity contribution in [3.05, 3.63) is 48.6 Å². The van der Waals surface area contributed by atoms with Crippen LogP contribution in [0.5, 0.6) is 0 Å². The Morgan fingerprint density at radius 1 is 0.282 bits per heavy atom. The summed E-state index contributed by atoms with van der Waals surface area (Å²) < 4.78 is 42.4. The molecule has 0 rings (SSSR count). The highest BCUT2D eigenvalue weighted by Gasteiger charge is 2.26. The van der Waals surface area contributed by atoms with Gasteiger partial charge in [0.15, 0.2) is 0 Å². The fourth-order valence-corrected chi connectivity index (χ4v) is 13.2. The number of hydrogen-bond acceptors (Lipinski definition) is 12. The van der Waals surface area contributed by atoms with Gasteiger partial charge in [-0.25, -0.2) is 0 Å². The van der Waals surface area contributed by atoms with Gasteiger partial charge >= 0.3 is 17.9 Å². The number of likely N-dealkylation sites (N-methyl/N-ethyl adjacent to an activating group) is 1. The lowest BCUT2D eigenvalue weighted by Gasteiger charge is -2.27. The average Bonchev–Trinajstić information content (AvgIpc) is 0.960. The van der Waals surface area contributed by atoms with Crippen molar-refractivity contribution in [1.29, 1.82) is 0 Å². The van der Waals surface area contributed by atoms with Gasteiger partial charge in [0, 0.05) is 39.3 Å². The third-order valence-electron chi connectivity index (χ3n) is 19.9. The van der Waals surface area contributed by atoms with Gasteiger partial charge in [0.05, 0.1) is 26.4 Å². The van der Waals surface area contributed by atoms with E-state index in [2.05, 4.69) is 100.0 Å². The second kappa shape index (κ2) is 83.2.